The van der Waals surface area contributed by atoms with Crippen molar-refractivity contribution < 1.29 is 9.53 Å². The van der Waals surface area contributed by atoms with Gasteiger partial charge < -0.3 is 14.2 Å². The van der Waals surface area contributed by atoms with Crippen molar-refractivity contribution >= 4 is 27.7 Å². The highest BCUT2D eigenvalue weighted by molar-refractivity contribution is 5.88. The number of imidazole rings is 1. The third-order valence-electron chi connectivity index (χ3n) is 6.52. The van der Waals surface area contributed by atoms with E-state index in [1.165, 1.54) is 5.39 Å². The Labute approximate surface area is 181 Å². The van der Waals surface area contributed by atoms with Gasteiger partial charge in [0, 0.05) is 30.3 Å². The molecule has 2 fully saturated rings. The Morgan fingerprint density at radius 2 is 1.77 bits per heavy atom. The number of carbonyl (C=O) groups excluding carboxylic acids is 1. The lowest BCUT2D eigenvalue weighted by Gasteiger charge is -2.17. The van der Waals surface area contributed by atoms with Crippen molar-refractivity contribution in [3.63, 3.8) is 0 Å². The Morgan fingerprint density at radius 3 is 2.68 bits per heavy atom. The summed E-state index contributed by atoms with van der Waals surface area (Å²) in [5.41, 5.74) is 2.09. The number of benzene rings is 3. The molecule has 5 heteroatoms. The van der Waals surface area contributed by atoms with Crippen LogP contribution in [0.2, 0.25) is 0 Å². The summed E-state index contributed by atoms with van der Waals surface area (Å²) in [5.74, 6) is 2.34. The van der Waals surface area contributed by atoms with Crippen LogP contribution in [-0.2, 0) is 11.3 Å². The van der Waals surface area contributed by atoms with Crippen LogP contribution < -0.4 is 4.74 Å². The maximum absolute atomic E-state index is 12.6. The molecule has 1 amide bonds. The molecule has 1 saturated carbocycles. The van der Waals surface area contributed by atoms with Gasteiger partial charge in [-0.05, 0) is 36.4 Å². The number of fused-ring (bicyclic) bond motifs is 2. The molecule has 31 heavy (non-hydrogen) atoms. The predicted molar refractivity (Wildman–Crippen MR) is 121 cm³/mol. The second-order valence-corrected chi connectivity index (χ2v) is 8.61. The third-order valence-corrected chi connectivity index (χ3v) is 6.52. The SMILES string of the molecule is O=C1CC(c2nc3ccccc3n2CCOc2cccc3ccccc23)CN1C1CC1. The molecule has 5 nitrogen and oxygen atoms in total. The van der Waals surface area contributed by atoms with E-state index < -0.39 is 0 Å². The van der Waals surface area contributed by atoms with E-state index >= 15 is 0 Å². The van der Waals surface area contributed by atoms with Gasteiger partial charge in [-0.2, -0.15) is 0 Å². The molecule has 1 aromatic heterocycles. The van der Waals surface area contributed by atoms with Crippen LogP contribution in [0.5, 0.6) is 5.75 Å². The van der Waals surface area contributed by atoms with Crippen LogP contribution in [0, 0.1) is 0 Å². The summed E-state index contributed by atoms with van der Waals surface area (Å²) in [6.07, 6.45) is 2.85. The Morgan fingerprint density at radius 1 is 0.968 bits per heavy atom. The summed E-state index contributed by atoms with van der Waals surface area (Å²) in [5, 5.41) is 2.31. The molecule has 1 aliphatic heterocycles. The summed E-state index contributed by atoms with van der Waals surface area (Å²) in [6, 6.07) is 23.1. The van der Waals surface area contributed by atoms with E-state index in [0.29, 0.717) is 25.6 Å². The van der Waals surface area contributed by atoms with Gasteiger partial charge in [0.05, 0.1) is 17.6 Å². The van der Waals surface area contributed by atoms with E-state index in [2.05, 4.69) is 39.8 Å². The second-order valence-electron chi connectivity index (χ2n) is 8.61. The summed E-state index contributed by atoms with van der Waals surface area (Å²) >= 11 is 0. The summed E-state index contributed by atoms with van der Waals surface area (Å²) in [4.78, 5) is 19.6. The van der Waals surface area contributed by atoms with Gasteiger partial charge in [-0.15, -0.1) is 0 Å². The van der Waals surface area contributed by atoms with Gasteiger partial charge in [0.15, 0.2) is 0 Å². The smallest absolute Gasteiger partial charge is 0.223 e. The van der Waals surface area contributed by atoms with E-state index in [9.17, 15) is 4.79 Å². The molecule has 2 aliphatic rings. The molecule has 2 heterocycles. The second kappa shape index (κ2) is 7.41. The Kier molecular flexibility index (Phi) is 4.41. The highest BCUT2D eigenvalue weighted by Gasteiger charge is 2.41. The fourth-order valence-electron chi connectivity index (χ4n) is 4.85. The third kappa shape index (κ3) is 3.34. The quantitative estimate of drug-likeness (QED) is 0.460. The van der Waals surface area contributed by atoms with Crippen molar-refractivity contribution in [2.45, 2.75) is 37.8 Å². The number of para-hydroxylation sites is 2. The highest BCUT2D eigenvalue weighted by atomic mass is 16.5. The van der Waals surface area contributed by atoms with Crippen molar-refractivity contribution in [1.82, 2.24) is 14.5 Å². The normalized spacial score (nSPS) is 18.9. The van der Waals surface area contributed by atoms with Crippen molar-refractivity contribution in [1.29, 1.82) is 0 Å². The molecule has 1 unspecified atom stereocenters. The van der Waals surface area contributed by atoms with Crippen LogP contribution in [0.25, 0.3) is 21.8 Å². The Balaban J connectivity index is 1.27. The minimum absolute atomic E-state index is 0.151. The van der Waals surface area contributed by atoms with Gasteiger partial charge in [0.1, 0.15) is 18.2 Å². The largest absolute Gasteiger partial charge is 0.491 e. The average molecular weight is 412 g/mol. The lowest BCUT2D eigenvalue weighted by atomic mass is 10.1. The molecule has 3 aromatic carbocycles. The van der Waals surface area contributed by atoms with Gasteiger partial charge >= 0.3 is 0 Å². The van der Waals surface area contributed by atoms with Gasteiger partial charge in [-0.3, -0.25) is 4.79 Å². The number of nitrogens with zero attached hydrogens (tertiary/aromatic N) is 3. The van der Waals surface area contributed by atoms with Crippen LogP contribution in [0.1, 0.15) is 31.0 Å². The summed E-state index contributed by atoms with van der Waals surface area (Å²) in [6.45, 7) is 2.04. The molecular weight excluding hydrogens is 386 g/mol. The van der Waals surface area contributed by atoms with Crippen molar-refractivity contribution in [3.05, 3.63) is 72.6 Å². The van der Waals surface area contributed by atoms with Gasteiger partial charge in [-0.25, -0.2) is 4.98 Å². The minimum atomic E-state index is 0.151. The topological polar surface area (TPSA) is 47.4 Å². The standard InChI is InChI=1S/C26H25N3O2/c30-25-16-19(17-29(25)20-12-13-20)26-27-22-9-3-4-10-23(22)28(26)14-15-31-24-11-5-7-18-6-1-2-8-21(18)24/h1-11,19-20H,12-17H2. The number of hydrogen-bond acceptors (Lipinski definition) is 3. The van der Waals surface area contributed by atoms with Crippen molar-refractivity contribution in [2.24, 2.45) is 0 Å². The number of hydrogen-bond donors (Lipinski definition) is 0. The van der Waals surface area contributed by atoms with Gasteiger partial charge in [0.2, 0.25) is 5.91 Å². The molecule has 0 spiro atoms. The number of amides is 1. The van der Waals surface area contributed by atoms with Crippen LogP contribution >= 0.6 is 0 Å². The lowest BCUT2D eigenvalue weighted by Crippen LogP contribution is -2.27. The molecule has 0 radical (unpaired) electrons. The Hall–Kier alpha value is -3.34. The van der Waals surface area contributed by atoms with Crippen LogP contribution in [0.15, 0.2) is 66.7 Å². The van der Waals surface area contributed by atoms with Crippen molar-refractivity contribution in [2.75, 3.05) is 13.2 Å². The molecular formula is C26H25N3O2. The first kappa shape index (κ1) is 18.4. The number of carbonyl (C=O) groups is 1. The lowest BCUT2D eigenvalue weighted by molar-refractivity contribution is -0.128. The first-order valence-electron chi connectivity index (χ1n) is 11.1. The van der Waals surface area contributed by atoms with Gasteiger partial charge in [0.25, 0.3) is 0 Å². The fourth-order valence-corrected chi connectivity index (χ4v) is 4.85. The first-order chi connectivity index (χ1) is 15.3. The number of rotatable bonds is 6. The molecule has 1 aliphatic carbocycles. The molecule has 6 rings (SSSR count). The number of ether oxygens (including phenoxy) is 1. The molecule has 0 N–H and O–H groups in total. The van der Waals surface area contributed by atoms with Gasteiger partial charge in [-0.1, -0.05) is 48.5 Å². The molecule has 156 valence electrons. The maximum Gasteiger partial charge on any atom is 0.223 e. The maximum atomic E-state index is 12.6. The number of likely N-dealkylation sites (tertiary alicyclic amines) is 1. The van der Waals surface area contributed by atoms with Crippen LogP contribution in [-0.4, -0.2) is 39.6 Å². The fraction of sp³-hybridized carbons (Fsp3) is 0.308. The minimum Gasteiger partial charge on any atom is -0.491 e. The van der Waals surface area contributed by atoms with E-state index in [1.807, 2.05) is 36.4 Å². The van der Waals surface area contributed by atoms with E-state index in [0.717, 1.165) is 47.4 Å². The highest BCUT2D eigenvalue weighted by Crippen LogP contribution is 2.37. The molecule has 1 saturated heterocycles. The number of aromatic nitrogens is 2. The summed E-state index contributed by atoms with van der Waals surface area (Å²) in [7, 11) is 0. The molecule has 4 aromatic rings. The van der Waals surface area contributed by atoms with E-state index in [1.54, 1.807) is 0 Å². The Bertz CT molecular complexity index is 1270. The van der Waals surface area contributed by atoms with Crippen LogP contribution in [0.4, 0.5) is 0 Å². The zero-order chi connectivity index (χ0) is 20.8. The average Bonchev–Trinajstić information content (AvgIpc) is 3.47. The van der Waals surface area contributed by atoms with E-state index in [-0.39, 0.29) is 11.8 Å². The first-order valence-corrected chi connectivity index (χ1v) is 11.1. The predicted octanol–water partition coefficient (Wildman–Crippen LogP) is 4.75. The van der Waals surface area contributed by atoms with E-state index in [4.69, 9.17) is 9.72 Å². The monoisotopic (exact) mass is 411 g/mol. The van der Waals surface area contributed by atoms with Crippen LogP contribution in [0.3, 0.4) is 0 Å². The molecule has 0 bridgehead atoms. The molecule has 1 atom stereocenters. The zero-order valence-corrected chi connectivity index (χ0v) is 17.4. The summed E-state index contributed by atoms with van der Waals surface area (Å²) < 4.78 is 8.48. The van der Waals surface area contributed by atoms with Crippen molar-refractivity contribution in [3.8, 4) is 5.75 Å². The zero-order valence-electron chi connectivity index (χ0n) is 17.4.